The molecule has 0 aliphatic carbocycles. The van der Waals surface area contributed by atoms with Crippen LogP contribution in [-0.2, 0) is 0 Å². The first kappa shape index (κ1) is 122. The van der Waals surface area contributed by atoms with Gasteiger partial charge in [0, 0.05) is 19.3 Å². The first-order chi connectivity index (χ1) is 44.1. The zero-order valence-corrected chi connectivity index (χ0v) is 64.5. The van der Waals surface area contributed by atoms with Gasteiger partial charge in [-0.15, -0.1) is 0 Å². The average Bonchev–Trinajstić information content (AvgIpc) is 0.845. The number of halogens is 30. The van der Waals surface area contributed by atoms with Crippen LogP contribution in [0.5, 0.6) is 0 Å². The van der Waals surface area contributed by atoms with Crippen molar-refractivity contribution in [2.75, 3.05) is 0 Å². The molecule has 0 heterocycles. The largest absolute Gasteiger partial charge is 0.400 e. The molecule has 0 rings (SSSR count). The molecule has 4 unspecified atom stereocenters. The Morgan fingerprint density at radius 3 is 0.670 bits per heavy atom. The fraction of sp³-hybridized carbons (Fsp3) is 1.00. The molecule has 0 aromatic rings. The predicted octanol–water partition coefficient (Wildman–Crippen LogP) is 33.9. The molecule has 0 nitrogen and oxygen atoms in total. The average molecular weight is 1540 g/mol. The molecule has 0 saturated carbocycles. The van der Waals surface area contributed by atoms with Crippen LogP contribution >= 0.6 is 0 Å². The van der Waals surface area contributed by atoms with E-state index in [1.165, 1.54) is 46.5 Å². The first-order valence-corrected chi connectivity index (χ1v) is 34.7. The van der Waals surface area contributed by atoms with Gasteiger partial charge in [0.15, 0.2) is 11.8 Å². The second kappa shape index (κ2) is 61.0. The molecule has 0 saturated heterocycles. The van der Waals surface area contributed by atoms with Crippen LogP contribution in [0, 0.1) is 64.1 Å². The van der Waals surface area contributed by atoms with Gasteiger partial charge in [0.2, 0.25) is 0 Å². The summed E-state index contributed by atoms with van der Waals surface area (Å²) < 4.78 is 350. The van der Waals surface area contributed by atoms with E-state index >= 15 is 0 Å². The van der Waals surface area contributed by atoms with Crippen LogP contribution in [0.1, 0.15) is 327 Å². The van der Waals surface area contributed by atoms with Crippen molar-refractivity contribution >= 4 is 0 Å². The summed E-state index contributed by atoms with van der Waals surface area (Å²) >= 11 is 0. The van der Waals surface area contributed by atoms with Crippen LogP contribution in [-0.4, -0.2) is 61.8 Å². The van der Waals surface area contributed by atoms with Gasteiger partial charge in [-0.05, 0) is 73.0 Å². The first-order valence-electron chi connectivity index (χ1n) is 34.7. The second-order valence-electron chi connectivity index (χ2n) is 28.0. The highest BCUT2D eigenvalue weighted by molar-refractivity contribution is 4.76. The quantitative estimate of drug-likeness (QED) is 0.0749. The van der Waals surface area contributed by atoms with E-state index in [0.29, 0.717) is 42.9 Å². The fourth-order valence-electron chi connectivity index (χ4n) is 5.57. The molecule has 0 aromatic carbocycles. The number of hydrogen-bond acceptors (Lipinski definition) is 0. The van der Waals surface area contributed by atoms with Gasteiger partial charge in [-0.1, -0.05) is 269 Å². The standard InChI is InChI=1S/C7H10F6.3C7H13F3.2C6H8F6.C6H11F3.4C6H14/c1-2-3-4-5(6(8,9)10)7(11,12)13;1-3-4-6(2)5-7(8,9)10;1-3-4-5-6(2)7(8,9)10;1-2-3-4-5-6-7(8,9)10;1-4(6(10,11)12)2-3-5(7,8)9;1-2-3-4(5(7,8)9)6(10,11)12;1-3-4-5(2)6(7,8)9;2*1-5-6(2,3)4;1-5(2)6(3)4;1-4-6(3)5-2/h5H,2-4H2,1H3;2*6H,3-5H2,1-2H3;2-6H2,1H3;2*4H,2-3H2,1H3;5H,3-4H2,1-2H3;2*5H2,1-4H3;5-6H,1-4H3;6H,4-5H2,1-3H3. The van der Waals surface area contributed by atoms with E-state index in [1.807, 2.05) is 20.8 Å². The highest BCUT2D eigenvalue weighted by Gasteiger charge is 2.56. The molecular weight excluding hydrogens is 1410 g/mol. The van der Waals surface area contributed by atoms with Crippen molar-refractivity contribution in [1.82, 2.24) is 0 Å². The maximum Gasteiger partial charge on any atom is 0.400 e. The van der Waals surface area contributed by atoms with Crippen LogP contribution in [0.2, 0.25) is 0 Å². The molecule has 0 aromatic heterocycles. The lowest BCUT2D eigenvalue weighted by molar-refractivity contribution is -0.287. The van der Waals surface area contributed by atoms with E-state index in [4.69, 9.17) is 0 Å². The Morgan fingerprint density at radius 2 is 0.490 bits per heavy atom. The molecule has 0 amide bonds. The van der Waals surface area contributed by atoms with Crippen LogP contribution in [0.3, 0.4) is 0 Å². The Labute approximate surface area is 583 Å². The summed E-state index contributed by atoms with van der Waals surface area (Å²) in [5, 5.41) is 0. The summed E-state index contributed by atoms with van der Waals surface area (Å²) in [6.07, 6.45) is -38.6. The minimum absolute atomic E-state index is 0.0658. The van der Waals surface area contributed by atoms with E-state index < -0.39 is 130 Å². The molecule has 100 heavy (non-hydrogen) atoms. The lowest BCUT2D eigenvalue weighted by Gasteiger charge is -2.22. The van der Waals surface area contributed by atoms with Crippen molar-refractivity contribution in [3.05, 3.63) is 0 Å². The van der Waals surface area contributed by atoms with Gasteiger partial charge in [0.25, 0.3) is 0 Å². The van der Waals surface area contributed by atoms with Gasteiger partial charge in [0.05, 0.1) is 17.8 Å². The minimum atomic E-state index is -5.17. The van der Waals surface area contributed by atoms with Gasteiger partial charge >= 0.3 is 61.8 Å². The van der Waals surface area contributed by atoms with E-state index in [-0.39, 0.29) is 38.0 Å². The fourth-order valence-corrected chi connectivity index (χ4v) is 5.57. The molecule has 0 spiro atoms. The molecule has 0 radical (unpaired) electrons. The SMILES string of the molecule is CC(C)C(C)C.CC(CCC(F)(F)F)C(F)(F)F.CCC(C)(C)C.CCC(C)(C)C.CCC(C)CC.CCCC(C(F)(F)F)C(F)(F)F.CCCC(C)C(F)(F)F.CCCC(C)CC(F)(F)F.CCCCC(C(F)(F)F)C(F)(F)F.CCCCC(C)C(F)(F)F.CCCCCCC(F)(F)F. The Kier molecular flexibility index (Phi) is 74.2. The molecule has 0 aliphatic heterocycles. The lowest BCUT2D eigenvalue weighted by Crippen LogP contribution is -2.36. The lowest BCUT2D eigenvalue weighted by atomic mass is 9.94. The van der Waals surface area contributed by atoms with Gasteiger partial charge in [0.1, 0.15) is 0 Å². The maximum atomic E-state index is 11.8. The van der Waals surface area contributed by atoms with Crippen LogP contribution in [0.25, 0.3) is 0 Å². The summed E-state index contributed by atoms with van der Waals surface area (Å²) in [5.74, 6) is -8.07. The predicted molar refractivity (Wildman–Crippen MR) is 349 cm³/mol. The third-order valence-electron chi connectivity index (χ3n) is 14.8. The number of rotatable bonds is 22. The molecule has 30 heteroatoms. The van der Waals surface area contributed by atoms with Crippen molar-refractivity contribution in [2.45, 2.75) is 389 Å². The van der Waals surface area contributed by atoms with Crippen LogP contribution in [0.4, 0.5) is 132 Å². The van der Waals surface area contributed by atoms with E-state index in [9.17, 15) is 132 Å². The van der Waals surface area contributed by atoms with Gasteiger partial charge in [-0.2, -0.15) is 132 Å². The summed E-state index contributed by atoms with van der Waals surface area (Å²) in [6.45, 7) is 48.7. The van der Waals surface area contributed by atoms with Gasteiger partial charge < -0.3 is 0 Å². The number of alkyl halides is 30. The minimum Gasteiger partial charge on any atom is -0.171 e. The summed E-state index contributed by atoms with van der Waals surface area (Å²) in [6, 6.07) is 0. The third-order valence-corrected chi connectivity index (χ3v) is 14.8. The monoisotopic (exact) mass is 1540 g/mol. The highest BCUT2D eigenvalue weighted by Crippen LogP contribution is 2.43. The molecule has 0 N–H and O–H groups in total. The van der Waals surface area contributed by atoms with Crippen molar-refractivity contribution in [1.29, 1.82) is 0 Å². The highest BCUT2D eigenvalue weighted by atomic mass is 19.5. The Morgan fingerprint density at radius 1 is 0.230 bits per heavy atom. The van der Waals surface area contributed by atoms with Gasteiger partial charge in [-0.25, -0.2) is 0 Å². The number of hydrogen-bond donors (Lipinski definition) is 0. The van der Waals surface area contributed by atoms with Crippen molar-refractivity contribution < 1.29 is 132 Å². The van der Waals surface area contributed by atoms with E-state index in [1.54, 1.807) is 20.8 Å². The molecule has 0 fully saturated rings. The molecule has 0 aliphatic rings. The Balaban J connectivity index is -0.0000000978. The van der Waals surface area contributed by atoms with Crippen molar-refractivity contribution in [3.8, 4) is 0 Å². The molecule has 622 valence electrons. The maximum absolute atomic E-state index is 11.8. The molecule has 0 bridgehead atoms. The molecule has 4 atom stereocenters. The summed E-state index contributed by atoms with van der Waals surface area (Å²) in [4.78, 5) is 0. The Bertz CT molecular complexity index is 1630. The summed E-state index contributed by atoms with van der Waals surface area (Å²) in [5.41, 5.74) is 1.08. The van der Waals surface area contributed by atoms with E-state index in [2.05, 4.69) is 104 Å². The van der Waals surface area contributed by atoms with Crippen LogP contribution in [0.15, 0.2) is 0 Å². The summed E-state index contributed by atoms with van der Waals surface area (Å²) in [7, 11) is 0. The van der Waals surface area contributed by atoms with Crippen molar-refractivity contribution in [2.24, 2.45) is 64.1 Å². The number of unbranched alkanes of at least 4 members (excludes halogenated alkanes) is 5. The Hall–Kier alpha value is -2.10. The zero-order valence-electron chi connectivity index (χ0n) is 64.5. The third kappa shape index (κ3) is 109. The van der Waals surface area contributed by atoms with E-state index in [0.717, 1.165) is 50.4 Å². The second-order valence-corrected chi connectivity index (χ2v) is 28.0. The van der Waals surface area contributed by atoms with Crippen LogP contribution < -0.4 is 0 Å². The molecular formula is C70H132F30. The van der Waals surface area contributed by atoms with Gasteiger partial charge in [-0.3, -0.25) is 0 Å². The normalized spacial score (nSPS) is 13.8. The van der Waals surface area contributed by atoms with Crippen molar-refractivity contribution in [3.63, 3.8) is 0 Å². The smallest absolute Gasteiger partial charge is 0.171 e. The zero-order chi connectivity index (χ0) is 83.2. The topological polar surface area (TPSA) is 0 Å².